The maximum absolute atomic E-state index is 13.6. The summed E-state index contributed by atoms with van der Waals surface area (Å²) in [7, 11) is 0. The molecule has 0 radical (unpaired) electrons. The molecule has 154 valence electrons. The molecule has 0 bridgehead atoms. The van der Waals surface area contributed by atoms with Gasteiger partial charge in [0.1, 0.15) is 5.82 Å². The van der Waals surface area contributed by atoms with Gasteiger partial charge in [0.2, 0.25) is 0 Å². The van der Waals surface area contributed by atoms with E-state index in [2.05, 4.69) is 34.6 Å². The van der Waals surface area contributed by atoms with Crippen LogP contribution in [-0.2, 0) is 6.42 Å². The fourth-order valence-electron chi connectivity index (χ4n) is 3.94. The Balaban J connectivity index is 2.77. The Labute approximate surface area is 170 Å². The maximum atomic E-state index is 13.6. The first-order valence-corrected chi connectivity index (χ1v) is 10.8. The molecule has 28 heavy (non-hydrogen) atoms. The number of pyridine rings is 1. The van der Waals surface area contributed by atoms with E-state index in [1.165, 1.54) is 37.0 Å². The van der Waals surface area contributed by atoms with Gasteiger partial charge >= 0.3 is 0 Å². The van der Waals surface area contributed by atoms with Gasteiger partial charge in [0.15, 0.2) is 0 Å². The largest absolute Gasteiger partial charge is 0.389 e. The van der Waals surface area contributed by atoms with E-state index in [9.17, 15) is 9.50 Å². The van der Waals surface area contributed by atoms with Crippen LogP contribution in [0.2, 0.25) is 0 Å². The molecular weight excluding hydrogens is 349 g/mol. The lowest BCUT2D eigenvalue weighted by atomic mass is 9.83. The first-order chi connectivity index (χ1) is 13.3. The fraction of sp³-hybridized carbons (Fsp3) is 0.560. The Bertz CT molecular complexity index is 763. The van der Waals surface area contributed by atoms with Gasteiger partial charge in [-0.15, -0.1) is 0 Å². The molecule has 1 aromatic carbocycles. The summed E-state index contributed by atoms with van der Waals surface area (Å²) in [6.45, 7) is 12.6. The highest BCUT2D eigenvalue weighted by Gasteiger charge is 2.25. The number of aromatic nitrogens is 1. The third kappa shape index (κ3) is 5.20. The highest BCUT2D eigenvalue weighted by molar-refractivity contribution is 5.74. The Kier molecular flexibility index (Phi) is 8.18. The van der Waals surface area contributed by atoms with E-state index in [1.54, 1.807) is 0 Å². The summed E-state index contributed by atoms with van der Waals surface area (Å²) in [4.78, 5) is 5.06. The van der Waals surface area contributed by atoms with Gasteiger partial charge in [-0.1, -0.05) is 66.0 Å². The van der Waals surface area contributed by atoms with E-state index in [-0.39, 0.29) is 11.7 Å². The number of rotatable bonds is 9. The van der Waals surface area contributed by atoms with E-state index in [1.807, 2.05) is 19.1 Å². The van der Waals surface area contributed by atoms with Crippen molar-refractivity contribution in [3.8, 4) is 11.1 Å². The molecule has 3 heteroatoms. The number of benzene rings is 1. The minimum atomic E-state index is -0.624. The van der Waals surface area contributed by atoms with Crippen LogP contribution in [0, 0.1) is 5.82 Å². The average molecular weight is 386 g/mol. The maximum Gasteiger partial charge on any atom is 0.123 e. The van der Waals surface area contributed by atoms with Crippen LogP contribution < -0.4 is 0 Å². The lowest BCUT2D eigenvalue weighted by molar-refractivity contribution is 0.197. The molecule has 2 aromatic rings. The van der Waals surface area contributed by atoms with Gasteiger partial charge in [0.25, 0.3) is 0 Å². The van der Waals surface area contributed by atoms with Crippen molar-refractivity contribution >= 4 is 0 Å². The van der Waals surface area contributed by atoms with E-state index >= 15 is 0 Å². The molecule has 2 rings (SSSR count). The average Bonchev–Trinajstić information content (AvgIpc) is 2.64. The predicted molar refractivity (Wildman–Crippen MR) is 116 cm³/mol. The second-order valence-corrected chi connectivity index (χ2v) is 8.45. The summed E-state index contributed by atoms with van der Waals surface area (Å²) in [6, 6.07) is 6.68. The number of aliphatic hydroxyl groups is 1. The van der Waals surface area contributed by atoms with Crippen LogP contribution in [0.25, 0.3) is 11.1 Å². The van der Waals surface area contributed by atoms with Crippen molar-refractivity contribution in [1.29, 1.82) is 0 Å². The molecule has 0 fully saturated rings. The highest BCUT2D eigenvalue weighted by Crippen LogP contribution is 2.40. The van der Waals surface area contributed by atoms with Crippen LogP contribution in [0.15, 0.2) is 24.3 Å². The van der Waals surface area contributed by atoms with Crippen LogP contribution >= 0.6 is 0 Å². The first kappa shape index (κ1) is 22.5. The molecule has 1 aromatic heterocycles. The SMILES string of the molecule is CCCCCCc1c(C(C)C)nc(C(C)C)c([C@@H](C)O)c1-c1ccc(F)cc1. The number of nitrogens with zero attached hydrogens (tertiary/aromatic N) is 1. The van der Waals surface area contributed by atoms with Crippen LogP contribution in [0.4, 0.5) is 4.39 Å². The third-order valence-corrected chi connectivity index (χ3v) is 5.32. The monoisotopic (exact) mass is 385 g/mol. The number of halogens is 1. The summed E-state index contributed by atoms with van der Waals surface area (Å²) in [5, 5.41) is 10.7. The number of hydrogen-bond acceptors (Lipinski definition) is 2. The predicted octanol–water partition coefficient (Wildman–Crippen LogP) is 7.31. The molecule has 0 saturated heterocycles. The number of unbranched alkanes of at least 4 members (excludes halogenated alkanes) is 3. The molecule has 0 unspecified atom stereocenters. The van der Waals surface area contributed by atoms with E-state index in [0.717, 1.165) is 40.9 Å². The molecule has 0 amide bonds. The third-order valence-electron chi connectivity index (χ3n) is 5.32. The van der Waals surface area contributed by atoms with E-state index in [4.69, 9.17) is 4.98 Å². The molecule has 1 heterocycles. The lowest BCUT2D eigenvalue weighted by Crippen LogP contribution is -2.14. The van der Waals surface area contributed by atoms with Crippen molar-refractivity contribution in [2.24, 2.45) is 0 Å². The second-order valence-electron chi connectivity index (χ2n) is 8.45. The summed E-state index contributed by atoms with van der Waals surface area (Å²) in [5.74, 6) is 0.255. The molecule has 0 aliphatic carbocycles. The van der Waals surface area contributed by atoms with Gasteiger partial charge in [-0.2, -0.15) is 0 Å². The van der Waals surface area contributed by atoms with Crippen molar-refractivity contribution in [3.05, 3.63) is 52.6 Å². The van der Waals surface area contributed by atoms with Crippen molar-refractivity contribution < 1.29 is 9.50 Å². The molecule has 2 nitrogen and oxygen atoms in total. The summed E-state index contributed by atoms with van der Waals surface area (Å²) in [6.07, 6.45) is 5.03. The minimum Gasteiger partial charge on any atom is -0.389 e. The normalized spacial score (nSPS) is 12.8. The summed E-state index contributed by atoms with van der Waals surface area (Å²) in [5.41, 5.74) is 6.22. The van der Waals surface area contributed by atoms with Gasteiger partial charge in [-0.25, -0.2) is 4.39 Å². The lowest BCUT2D eigenvalue weighted by Gasteiger charge is -2.26. The van der Waals surface area contributed by atoms with Crippen LogP contribution in [0.3, 0.4) is 0 Å². The smallest absolute Gasteiger partial charge is 0.123 e. The van der Waals surface area contributed by atoms with Crippen LogP contribution in [0.1, 0.15) is 108 Å². The van der Waals surface area contributed by atoms with Crippen molar-refractivity contribution in [2.45, 2.75) is 91.6 Å². The topological polar surface area (TPSA) is 33.1 Å². The Morgan fingerprint density at radius 3 is 2.00 bits per heavy atom. The molecule has 0 aliphatic heterocycles. The Morgan fingerprint density at radius 1 is 0.893 bits per heavy atom. The molecule has 0 spiro atoms. The molecule has 0 saturated carbocycles. The van der Waals surface area contributed by atoms with Crippen LogP contribution in [0.5, 0.6) is 0 Å². The first-order valence-electron chi connectivity index (χ1n) is 10.8. The zero-order valence-corrected chi connectivity index (χ0v) is 18.3. The fourth-order valence-corrected chi connectivity index (χ4v) is 3.94. The van der Waals surface area contributed by atoms with Gasteiger partial charge < -0.3 is 5.11 Å². The molecule has 1 atom stereocenters. The second kappa shape index (κ2) is 10.2. The zero-order valence-electron chi connectivity index (χ0n) is 18.3. The standard InChI is InChI=1S/C25H36FNO/c1-7-8-9-10-11-21-23(19-12-14-20(26)15-13-19)22(18(6)28)25(17(4)5)27-24(21)16(2)3/h12-18,28H,7-11H2,1-6H3/t18-/m1/s1. The highest BCUT2D eigenvalue weighted by atomic mass is 19.1. The summed E-state index contributed by atoms with van der Waals surface area (Å²) < 4.78 is 13.6. The van der Waals surface area contributed by atoms with Gasteiger partial charge in [0, 0.05) is 17.0 Å². The Morgan fingerprint density at radius 2 is 1.50 bits per heavy atom. The van der Waals surface area contributed by atoms with E-state index in [0.29, 0.717) is 5.92 Å². The van der Waals surface area contributed by atoms with Gasteiger partial charge in [-0.3, -0.25) is 4.98 Å². The molecular formula is C25H36FNO. The zero-order chi connectivity index (χ0) is 20.8. The van der Waals surface area contributed by atoms with Crippen molar-refractivity contribution in [1.82, 2.24) is 4.98 Å². The number of hydrogen-bond donors (Lipinski definition) is 1. The van der Waals surface area contributed by atoms with Gasteiger partial charge in [0.05, 0.1) is 6.10 Å². The van der Waals surface area contributed by atoms with Crippen molar-refractivity contribution in [2.75, 3.05) is 0 Å². The van der Waals surface area contributed by atoms with Crippen molar-refractivity contribution in [3.63, 3.8) is 0 Å². The molecule has 1 N–H and O–H groups in total. The quantitative estimate of drug-likeness (QED) is 0.459. The summed E-state index contributed by atoms with van der Waals surface area (Å²) >= 11 is 0. The van der Waals surface area contributed by atoms with E-state index < -0.39 is 6.10 Å². The van der Waals surface area contributed by atoms with Crippen LogP contribution in [-0.4, -0.2) is 10.1 Å². The Hall–Kier alpha value is -1.74. The minimum absolute atomic E-state index is 0.204. The number of aliphatic hydroxyl groups excluding tert-OH is 1. The molecule has 0 aliphatic rings. The van der Waals surface area contributed by atoms with Gasteiger partial charge in [-0.05, 0) is 60.4 Å².